The van der Waals surface area contributed by atoms with Crippen molar-refractivity contribution in [2.24, 2.45) is 0 Å². The second kappa shape index (κ2) is 8.74. The van der Waals surface area contributed by atoms with E-state index in [9.17, 15) is 26.4 Å². The van der Waals surface area contributed by atoms with Crippen LogP contribution < -0.4 is 4.18 Å². The number of aromatic amines is 1. The molecule has 0 radical (unpaired) electrons. The van der Waals surface area contributed by atoms with E-state index in [1.807, 2.05) is 13.8 Å². The predicted molar refractivity (Wildman–Crippen MR) is 105 cm³/mol. The molecule has 3 rings (SSSR count). The number of ether oxygens (including phenoxy) is 1. The molecule has 30 heavy (non-hydrogen) atoms. The van der Waals surface area contributed by atoms with E-state index in [1.165, 1.54) is 25.3 Å². The number of aromatic nitrogens is 2. The lowest BCUT2D eigenvalue weighted by Gasteiger charge is -2.10. The van der Waals surface area contributed by atoms with Gasteiger partial charge in [-0.05, 0) is 42.3 Å². The SMILES string of the molecule is CC.COC(=O)c1cc(-c2ccc(OS(=O)(=O)C(F)(F)F)cc2)cc2[nH]c(C)nc12. The first kappa shape index (κ1) is 23.2. The molecule has 0 aliphatic heterocycles. The summed E-state index contributed by atoms with van der Waals surface area (Å²) in [6, 6.07) is 8.12. The Balaban J connectivity index is 0.00000155. The summed E-state index contributed by atoms with van der Waals surface area (Å²) >= 11 is 0. The van der Waals surface area contributed by atoms with Crippen LogP contribution in [0.3, 0.4) is 0 Å². The molecule has 0 fully saturated rings. The van der Waals surface area contributed by atoms with Gasteiger partial charge in [0.1, 0.15) is 17.1 Å². The Hall–Kier alpha value is -3.08. The van der Waals surface area contributed by atoms with Crippen molar-refractivity contribution >= 4 is 27.1 Å². The maximum Gasteiger partial charge on any atom is 0.534 e. The van der Waals surface area contributed by atoms with Crippen molar-refractivity contribution in [3.63, 3.8) is 0 Å². The Morgan fingerprint density at radius 1 is 1.07 bits per heavy atom. The summed E-state index contributed by atoms with van der Waals surface area (Å²) in [5.74, 6) is -0.513. The highest BCUT2D eigenvalue weighted by molar-refractivity contribution is 7.88. The maximum absolute atomic E-state index is 12.4. The molecule has 2 aromatic carbocycles. The van der Waals surface area contributed by atoms with Gasteiger partial charge in [0.25, 0.3) is 0 Å². The molecule has 1 aromatic heterocycles. The second-order valence-corrected chi connectivity index (χ2v) is 7.28. The highest BCUT2D eigenvalue weighted by atomic mass is 32.2. The number of hydrogen-bond donors (Lipinski definition) is 1. The van der Waals surface area contributed by atoms with Crippen LogP contribution in [0.15, 0.2) is 36.4 Å². The fourth-order valence-corrected chi connectivity index (χ4v) is 3.01. The molecule has 11 heteroatoms. The molecule has 0 amide bonds. The van der Waals surface area contributed by atoms with Crippen molar-refractivity contribution in [2.75, 3.05) is 7.11 Å². The molecule has 0 saturated carbocycles. The Kier molecular flexibility index (Phi) is 6.76. The molecule has 162 valence electrons. The number of nitrogens with one attached hydrogen (secondary N) is 1. The van der Waals surface area contributed by atoms with Crippen LogP contribution in [-0.2, 0) is 14.9 Å². The van der Waals surface area contributed by atoms with Crippen LogP contribution in [0, 0.1) is 6.92 Å². The van der Waals surface area contributed by atoms with E-state index in [4.69, 9.17) is 4.74 Å². The number of fused-ring (bicyclic) bond motifs is 1. The van der Waals surface area contributed by atoms with Crippen molar-refractivity contribution in [3.8, 4) is 16.9 Å². The van der Waals surface area contributed by atoms with Crippen molar-refractivity contribution < 1.29 is 35.3 Å². The van der Waals surface area contributed by atoms with Gasteiger partial charge < -0.3 is 13.9 Å². The van der Waals surface area contributed by atoms with Crippen molar-refractivity contribution in [1.29, 1.82) is 0 Å². The monoisotopic (exact) mass is 444 g/mol. The number of rotatable bonds is 4. The van der Waals surface area contributed by atoms with E-state index in [1.54, 1.807) is 13.0 Å². The lowest BCUT2D eigenvalue weighted by Crippen LogP contribution is -2.28. The smallest absolute Gasteiger partial charge is 0.465 e. The van der Waals surface area contributed by atoms with Crippen LogP contribution in [0.25, 0.3) is 22.2 Å². The third-order valence-corrected chi connectivity index (χ3v) is 4.77. The number of alkyl halides is 3. The fraction of sp³-hybridized carbons (Fsp3) is 0.263. The number of halogens is 3. The van der Waals surface area contributed by atoms with Crippen LogP contribution in [0.1, 0.15) is 30.0 Å². The number of H-pyrrole nitrogens is 1. The molecule has 3 aromatic rings. The zero-order valence-corrected chi connectivity index (χ0v) is 17.3. The summed E-state index contributed by atoms with van der Waals surface area (Å²) in [6.45, 7) is 5.72. The minimum Gasteiger partial charge on any atom is -0.465 e. The van der Waals surface area contributed by atoms with Crippen molar-refractivity contribution in [2.45, 2.75) is 26.3 Å². The van der Waals surface area contributed by atoms with Crippen LogP contribution in [0.5, 0.6) is 5.75 Å². The number of carbonyl (C=O) groups excluding carboxylic acids is 1. The van der Waals surface area contributed by atoms with E-state index in [0.29, 0.717) is 28.0 Å². The predicted octanol–water partition coefficient (Wildman–Crippen LogP) is 4.58. The number of esters is 1. The molecule has 0 atom stereocenters. The molecule has 0 spiro atoms. The average Bonchev–Trinajstić information content (AvgIpc) is 3.07. The standard InChI is InChI=1S/C17H13F3N2O5S.C2H6/c1-9-21-14-8-11(7-13(15(14)22-9)16(23)26-2)10-3-5-12(6-4-10)27-28(24,25)17(18,19)20;1-2/h3-8H,1-2H3,(H,21,22);1-2H3. The Morgan fingerprint density at radius 3 is 2.20 bits per heavy atom. The highest BCUT2D eigenvalue weighted by Gasteiger charge is 2.48. The fourth-order valence-electron chi connectivity index (χ4n) is 2.55. The largest absolute Gasteiger partial charge is 0.534 e. The molecule has 0 aliphatic carbocycles. The number of aryl methyl sites for hydroxylation is 1. The molecule has 0 aliphatic rings. The quantitative estimate of drug-likeness (QED) is 0.359. The van der Waals surface area contributed by atoms with E-state index in [2.05, 4.69) is 14.2 Å². The molecule has 0 unspecified atom stereocenters. The summed E-state index contributed by atoms with van der Waals surface area (Å²) < 4.78 is 68.2. The Bertz CT molecular complexity index is 1150. The van der Waals surface area contributed by atoms with Gasteiger partial charge in [0.15, 0.2) is 0 Å². The molecular weight excluding hydrogens is 425 g/mol. The zero-order valence-electron chi connectivity index (χ0n) is 16.5. The topological polar surface area (TPSA) is 98.4 Å². The van der Waals surface area contributed by atoms with Crippen molar-refractivity contribution in [3.05, 3.63) is 47.8 Å². The maximum atomic E-state index is 12.4. The number of methoxy groups -OCH3 is 1. The summed E-state index contributed by atoms with van der Waals surface area (Å²) in [5, 5.41) is 0. The van der Waals surface area contributed by atoms with Crippen molar-refractivity contribution in [1.82, 2.24) is 9.97 Å². The molecular formula is C19H19F3N2O5S. The normalized spacial score (nSPS) is 11.6. The summed E-state index contributed by atoms with van der Waals surface area (Å²) in [7, 11) is -4.52. The average molecular weight is 444 g/mol. The molecule has 0 bridgehead atoms. The van der Waals surface area contributed by atoms with Crippen LogP contribution in [-0.4, -0.2) is 37.0 Å². The van der Waals surface area contributed by atoms with E-state index >= 15 is 0 Å². The van der Waals surface area contributed by atoms with E-state index in [-0.39, 0.29) is 5.56 Å². The van der Waals surface area contributed by atoms with Gasteiger partial charge in [-0.3, -0.25) is 0 Å². The van der Waals surface area contributed by atoms with Crippen LogP contribution in [0.2, 0.25) is 0 Å². The first-order chi connectivity index (χ1) is 14.0. The van der Waals surface area contributed by atoms with Gasteiger partial charge in [0, 0.05) is 0 Å². The Labute approximate surface area is 171 Å². The summed E-state index contributed by atoms with van der Waals surface area (Å²) in [4.78, 5) is 19.3. The minimum atomic E-state index is -5.75. The van der Waals surface area contributed by atoms with Crippen LogP contribution in [0.4, 0.5) is 13.2 Å². The molecule has 1 heterocycles. The van der Waals surface area contributed by atoms with Gasteiger partial charge in [-0.25, -0.2) is 9.78 Å². The first-order valence-corrected chi connectivity index (χ1v) is 10.1. The molecule has 7 nitrogen and oxygen atoms in total. The van der Waals surface area contributed by atoms with Gasteiger partial charge in [-0.2, -0.15) is 21.6 Å². The van der Waals surface area contributed by atoms with Gasteiger partial charge >= 0.3 is 21.6 Å². The number of carbonyl (C=O) groups is 1. The number of imidazole rings is 1. The summed E-state index contributed by atoms with van der Waals surface area (Å²) in [5.41, 5.74) is -3.28. The second-order valence-electron chi connectivity index (χ2n) is 5.74. The number of nitrogens with zero attached hydrogens (tertiary/aromatic N) is 1. The number of benzene rings is 2. The minimum absolute atomic E-state index is 0.208. The lowest BCUT2D eigenvalue weighted by atomic mass is 10.0. The van der Waals surface area contributed by atoms with E-state index in [0.717, 1.165) is 12.1 Å². The molecule has 1 N–H and O–H groups in total. The third-order valence-electron chi connectivity index (χ3n) is 3.79. The number of hydrogen-bond acceptors (Lipinski definition) is 6. The van der Waals surface area contributed by atoms with Gasteiger partial charge in [-0.15, -0.1) is 0 Å². The van der Waals surface area contributed by atoms with Gasteiger partial charge in [0.2, 0.25) is 0 Å². The van der Waals surface area contributed by atoms with E-state index < -0.39 is 27.3 Å². The van der Waals surface area contributed by atoms with Gasteiger partial charge in [-0.1, -0.05) is 26.0 Å². The summed E-state index contributed by atoms with van der Waals surface area (Å²) in [6.07, 6.45) is 0. The van der Waals surface area contributed by atoms with Gasteiger partial charge in [0.05, 0.1) is 18.2 Å². The zero-order chi connectivity index (χ0) is 22.7. The highest BCUT2D eigenvalue weighted by Crippen LogP contribution is 2.31. The third kappa shape index (κ3) is 4.73. The Morgan fingerprint density at radius 2 is 1.67 bits per heavy atom. The molecule has 0 saturated heterocycles. The first-order valence-electron chi connectivity index (χ1n) is 8.71. The van der Waals surface area contributed by atoms with Crippen LogP contribution >= 0.6 is 0 Å². The lowest BCUT2D eigenvalue weighted by molar-refractivity contribution is -0.0500.